The Morgan fingerprint density at radius 2 is 0.883 bits per heavy atom. The highest BCUT2D eigenvalue weighted by Gasteiger charge is 2.45. The van der Waals surface area contributed by atoms with Crippen molar-refractivity contribution in [1.29, 1.82) is 10.8 Å². The largest absolute Gasteiger partial charge is 0.480 e. The number of carboxylic acid groups (broad SMARTS) is 1. The molecule has 4 aliphatic heterocycles. The molecular weight excluding hydrogens is 1960 g/mol. The lowest BCUT2D eigenvalue weighted by atomic mass is 9.96. The summed E-state index contributed by atoms with van der Waals surface area (Å²) in [6, 6.07) is -27.6. The second-order valence-electron chi connectivity index (χ2n) is 36.9. The summed E-state index contributed by atoms with van der Waals surface area (Å²) in [5.74, 6) is -25.1. The first-order valence-corrected chi connectivity index (χ1v) is 51.5. The van der Waals surface area contributed by atoms with E-state index in [0.29, 0.717) is 0 Å². The van der Waals surface area contributed by atoms with Crippen molar-refractivity contribution in [3.05, 3.63) is 36.4 Å². The summed E-state index contributed by atoms with van der Waals surface area (Å²) in [6.07, 6.45) is 3.00. The van der Waals surface area contributed by atoms with Crippen molar-refractivity contribution in [2.75, 3.05) is 94.0 Å². The number of thioether (sulfide) groups is 3. The number of aliphatic hydroxyl groups excluding tert-OH is 3. The molecule has 0 radical (unpaired) electrons. The highest BCUT2D eigenvalue weighted by atomic mass is 32.2. The predicted molar refractivity (Wildman–Crippen MR) is 529 cm³/mol. The Labute approximate surface area is 851 Å². The van der Waals surface area contributed by atoms with Crippen LogP contribution in [-0.2, 0) is 109 Å². The highest BCUT2D eigenvalue weighted by molar-refractivity contribution is 7.99. The van der Waals surface area contributed by atoms with Crippen molar-refractivity contribution in [2.24, 2.45) is 40.9 Å². The Bertz CT molecular complexity index is 4770. The summed E-state index contributed by atoms with van der Waals surface area (Å²) in [4.78, 5) is 310. The Balaban J connectivity index is 1.50. The number of imidazole rings is 2. The number of aliphatic hydroxyl groups is 3. The summed E-state index contributed by atoms with van der Waals surface area (Å²) in [5.41, 5.74) is 17.4. The minimum absolute atomic E-state index is 0.00417. The lowest BCUT2D eigenvalue weighted by Gasteiger charge is -2.42. The van der Waals surface area contributed by atoms with Crippen molar-refractivity contribution in [3.63, 3.8) is 0 Å². The monoisotopic (exact) mass is 2100 g/mol. The first kappa shape index (κ1) is 121. The fourth-order valence-corrected chi connectivity index (χ4v) is 18.3. The zero-order chi connectivity index (χ0) is 108. The van der Waals surface area contributed by atoms with Crippen molar-refractivity contribution in [1.82, 2.24) is 130 Å². The maximum Gasteiger partial charge on any atom is 0.325 e. The number of carbonyl (C=O) groups is 20. The molecule has 18 atom stereocenters. The zero-order valence-electron chi connectivity index (χ0n) is 83.0. The Kier molecular flexibility index (Phi) is 50.8. The number of nitrogens with two attached hydrogens (primary N) is 3. The van der Waals surface area contributed by atoms with Crippen LogP contribution in [0.25, 0.3) is 0 Å². The van der Waals surface area contributed by atoms with Crippen LogP contribution in [0.1, 0.15) is 158 Å². The average Bonchev–Trinajstić information content (AvgIpc) is 1.54. The van der Waals surface area contributed by atoms with E-state index < -0.39 is 321 Å². The zero-order valence-corrected chi connectivity index (χ0v) is 85.5. The molecular formula is C88H144N30O24S3. The molecule has 2 aromatic rings. The van der Waals surface area contributed by atoms with Gasteiger partial charge in [0.15, 0.2) is 11.9 Å². The van der Waals surface area contributed by atoms with Gasteiger partial charge in [0.25, 0.3) is 0 Å². The van der Waals surface area contributed by atoms with Gasteiger partial charge in [-0.3, -0.25) is 107 Å². The van der Waals surface area contributed by atoms with Gasteiger partial charge in [-0.25, -0.2) is 9.97 Å². The number of carbonyl (C=O) groups excluding carboxylic acids is 19. The quantitative estimate of drug-likeness (QED) is 0.0224. The number of rotatable bonds is 27. The molecule has 4 fully saturated rings. The van der Waals surface area contributed by atoms with E-state index in [0.717, 1.165) is 56.9 Å². The van der Waals surface area contributed by atoms with Gasteiger partial charge in [0.05, 0.1) is 69.9 Å². The van der Waals surface area contributed by atoms with E-state index in [9.17, 15) is 97.1 Å². The van der Waals surface area contributed by atoms with Gasteiger partial charge in [-0.05, 0) is 88.9 Å². The van der Waals surface area contributed by atoms with Crippen LogP contribution in [0.5, 0.6) is 0 Å². The molecule has 0 saturated carbocycles. The molecule has 6 heterocycles. The molecule has 4 saturated heterocycles. The predicted octanol–water partition coefficient (Wildman–Crippen LogP) is -9.30. The number of H-pyrrole nitrogens is 2. The van der Waals surface area contributed by atoms with Crippen LogP contribution in [-0.4, -0.2) is 387 Å². The standard InChI is InChI=1S/C88H144N30O24S3/c1-11-47(8)69-84(139)105-56(30-51-32-95-40-99-51)75(130)111-61(79(134)100-49(10)86(141)142)36-143-24-18-65(122)115-41-116-43-117(42-115)67(124)20-26-145-38-63(110-70(125)48(9)89)81(136)113-68(46(6)7)83(138)102-52(15-12-21-96-87(90)91)71(126)107-58(33-119)77(132)104-55(29-50-31-94-39-98-50)74(129)112-62(37-144-25-19-66(116)123)80(135)109-60(35-121)78(133)108-59(34-120)76(131)103-54(27-44(2)3)73(128)106-57(28-45(4)5)85(140)118-23-14-17-64(118)82(137)101-53(72(127)114-69)16-13-22-97-88(92)93/h31-32,39-40,44-49,52-64,68-69,119-121H,11-30,33-38,41-43,89H2,1-10H3,(H,94,98)(H,95,99)(H,100,134)(H,101,137)(H,102,138)(H,103,131)(H,104,132)(H,105,139)(H,106,128)(H,107,126)(H,108,133)(H,109,135)(H,110,125)(H,111,130)(H,112,129)(H,113,136)(H,114,127)(H,141,142)(H4,90,91,96)(H4,92,93,97)/t47-,48-,49-,52-,53-,54-,55-,56-,57-,58-,59-,60-,61-,62-,63-,64-,68-,69-/m0/s1. The number of hydrogen-bond donors (Lipinski definition) is 28. The molecule has 2 aromatic heterocycles. The van der Waals surface area contributed by atoms with Crippen molar-refractivity contribution in [2.45, 2.75) is 262 Å². The maximum atomic E-state index is 15.1. The van der Waals surface area contributed by atoms with E-state index in [1.807, 2.05) is 0 Å². The summed E-state index contributed by atoms with van der Waals surface area (Å²) in [6.45, 7) is 10.6. The molecule has 0 unspecified atom stereocenters. The normalized spacial score (nSPS) is 25.8. The Morgan fingerprint density at radius 3 is 1.34 bits per heavy atom. The van der Waals surface area contributed by atoms with Gasteiger partial charge in [0, 0.05) is 98.6 Å². The fourth-order valence-electron chi connectivity index (χ4n) is 15.4. The number of hydrogen-bond acceptors (Lipinski definition) is 31. The third-order valence-corrected chi connectivity index (χ3v) is 27.0. The van der Waals surface area contributed by atoms with E-state index >= 15 is 19.2 Å². The summed E-state index contributed by atoms with van der Waals surface area (Å²) >= 11 is 2.71. The maximum absolute atomic E-state index is 15.1. The van der Waals surface area contributed by atoms with Gasteiger partial charge in [0.1, 0.15) is 96.7 Å². The van der Waals surface area contributed by atoms with E-state index in [-0.39, 0.29) is 131 Å². The minimum Gasteiger partial charge on any atom is -0.480 e. The van der Waals surface area contributed by atoms with Crippen LogP contribution < -0.4 is 108 Å². The molecule has 0 spiro atoms. The van der Waals surface area contributed by atoms with E-state index in [4.69, 9.17) is 28.0 Å². The van der Waals surface area contributed by atoms with Gasteiger partial charge < -0.3 is 158 Å². The van der Waals surface area contributed by atoms with Gasteiger partial charge >= 0.3 is 5.97 Å². The number of fused-ring (bicyclic) bond motifs is 8. The second kappa shape index (κ2) is 60.9. The van der Waals surface area contributed by atoms with Crippen molar-refractivity contribution < 1.29 is 116 Å². The lowest BCUT2D eigenvalue weighted by Crippen LogP contribution is -2.62. The van der Waals surface area contributed by atoms with E-state index in [2.05, 4.69) is 110 Å². The Morgan fingerprint density at radius 1 is 0.483 bits per heavy atom. The number of nitrogens with zero attached hydrogens (tertiary/aromatic N) is 6. The topological polar surface area (TPSA) is 823 Å². The molecule has 31 N–H and O–H groups in total. The number of guanidine groups is 2. The summed E-state index contributed by atoms with van der Waals surface area (Å²) < 4.78 is 0. The first-order chi connectivity index (χ1) is 68.7. The molecule has 4 bridgehead atoms. The van der Waals surface area contributed by atoms with Crippen molar-refractivity contribution in [3.8, 4) is 0 Å². The molecule has 54 nitrogen and oxygen atoms in total. The minimum atomic E-state index is -2.07. The first-order valence-electron chi connectivity index (χ1n) is 48.0. The molecule has 4 aliphatic rings. The van der Waals surface area contributed by atoms with Crippen LogP contribution in [0.15, 0.2) is 25.0 Å². The number of aromatic amines is 2. The van der Waals surface area contributed by atoms with Gasteiger partial charge in [0.2, 0.25) is 112 Å². The molecule has 808 valence electrons. The SMILES string of the molecule is CC[C@H](C)[C@@H]1NC(=O)[C@H](CCCNC(=N)N)NC(=O)[C@@H]2CCCN2C(=O)[C@H](CC(C)C)NC(=O)[C@H](CC(C)C)NC(=O)[C@H](CO)NC(=O)[C@H](CO)NC(=O)[C@@H]2CSCCC(=O)N3CN(CN(C3)C(=O)CCSC[C@@H](C(=O)N[C@@H](C)C(=O)O)NC(=O)[C@H](Cc3c[nH]cn3)NC1=O)C(=O)CCSC[C@H](NC(=O)[C@H](C)N)C(=O)N[C@@H](C(C)C)C(=O)N[C@@H](CCCNC(=N)N)C(=O)N[C@@H](CO)C(=O)N[C@@H](Cc1c[nH]cn1)C(=O)N2. The van der Waals surface area contributed by atoms with Crippen LogP contribution >= 0.6 is 35.3 Å². The van der Waals surface area contributed by atoms with Crippen LogP contribution in [0, 0.1) is 34.5 Å². The van der Waals surface area contributed by atoms with E-state index in [1.54, 1.807) is 41.5 Å². The number of aromatic nitrogens is 4. The number of aliphatic carboxylic acids is 1. The molecule has 57 heteroatoms. The van der Waals surface area contributed by atoms with Crippen LogP contribution in [0.2, 0.25) is 0 Å². The molecule has 0 aliphatic carbocycles. The average molecular weight is 2100 g/mol. The number of nitrogens with one attached hydrogen (secondary N) is 21. The number of amides is 19. The summed E-state index contributed by atoms with van der Waals surface area (Å²) in [7, 11) is 0. The summed E-state index contributed by atoms with van der Waals surface area (Å²) in [5, 5.41) is 101. The molecule has 19 amide bonds. The van der Waals surface area contributed by atoms with Gasteiger partial charge in [-0.1, -0.05) is 61.8 Å². The third kappa shape index (κ3) is 40.0. The lowest BCUT2D eigenvalue weighted by molar-refractivity contribution is -0.158. The second-order valence-corrected chi connectivity index (χ2v) is 40.3. The van der Waals surface area contributed by atoms with Crippen molar-refractivity contribution >= 4 is 165 Å². The molecule has 6 rings (SSSR count). The van der Waals surface area contributed by atoms with Crippen LogP contribution in [0.3, 0.4) is 0 Å². The fraction of sp³-hybridized carbons (Fsp3) is 0.682. The smallest absolute Gasteiger partial charge is 0.325 e. The van der Waals surface area contributed by atoms with Gasteiger partial charge in [-0.2, -0.15) is 35.3 Å². The van der Waals surface area contributed by atoms with Gasteiger partial charge in [-0.15, -0.1) is 0 Å². The Hall–Kier alpha value is -12.7. The molecule has 145 heavy (non-hydrogen) atoms. The van der Waals surface area contributed by atoms with Crippen LogP contribution in [0.4, 0.5) is 0 Å². The third-order valence-electron chi connectivity index (χ3n) is 23.8. The molecule has 0 aromatic carbocycles. The number of carboxylic acids is 1. The highest BCUT2D eigenvalue weighted by Crippen LogP contribution is 2.25. The van der Waals surface area contributed by atoms with E-state index in [1.165, 1.54) is 50.7 Å².